The van der Waals surface area contributed by atoms with Crippen molar-refractivity contribution in [1.82, 2.24) is 5.32 Å². The van der Waals surface area contributed by atoms with Gasteiger partial charge in [-0.3, -0.25) is 4.79 Å². The number of aliphatic carboxylic acids is 1. The van der Waals surface area contributed by atoms with Crippen LogP contribution in [0.5, 0.6) is 0 Å². The highest BCUT2D eigenvalue weighted by molar-refractivity contribution is 9.10. The van der Waals surface area contributed by atoms with Crippen molar-refractivity contribution in [1.29, 1.82) is 0 Å². The molecule has 1 saturated carbocycles. The van der Waals surface area contributed by atoms with Gasteiger partial charge in [0.05, 0.1) is 0 Å². The minimum absolute atomic E-state index is 0.00127. The predicted octanol–water partition coefficient (Wildman–Crippen LogP) is 2.28. The molecular weight excluding hydrogens is 318 g/mol. The van der Waals surface area contributed by atoms with E-state index < -0.39 is 12.0 Å². The quantitative estimate of drug-likeness (QED) is 0.869. The fourth-order valence-corrected chi connectivity index (χ4v) is 3.38. The molecular formula is C12H14BrNO3S. The van der Waals surface area contributed by atoms with E-state index in [-0.39, 0.29) is 11.8 Å². The van der Waals surface area contributed by atoms with Crippen LogP contribution < -0.4 is 5.32 Å². The summed E-state index contributed by atoms with van der Waals surface area (Å²) < 4.78 is 0.896. The molecule has 1 aromatic rings. The standard InChI is InChI=1S/C12H14BrNO3S/c1-6-4-7(6)11(15)14-9(12(16)17)5-10-8(13)2-3-18-10/h2-3,6-7,9H,4-5H2,1H3,(H,14,15)(H,16,17)/t6-,7+,9+/m1/s1. The third-order valence-corrected chi connectivity index (χ3v) is 5.09. The molecule has 1 aromatic heterocycles. The summed E-state index contributed by atoms with van der Waals surface area (Å²) in [5.74, 6) is -0.744. The van der Waals surface area contributed by atoms with Gasteiger partial charge in [0.15, 0.2) is 0 Å². The van der Waals surface area contributed by atoms with Crippen LogP contribution in [-0.4, -0.2) is 23.0 Å². The fraction of sp³-hybridized carbons (Fsp3) is 0.500. The summed E-state index contributed by atoms with van der Waals surface area (Å²) in [6.45, 7) is 2.00. The Morgan fingerprint density at radius 2 is 2.33 bits per heavy atom. The van der Waals surface area contributed by atoms with Crippen molar-refractivity contribution in [3.63, 3.8) is 0 Å². The molecule has 1 fully saturated rings. The Labute approximate surface area is 118 Å². The molecule has 1 amide bonds. The van der Waals surface area contributed by atoms with Crippen LogP contribution in [0.1, 0.15) is 18.2 Å². The molecule has 0 radical (unpaired) electrons. The van der Waals surface area contributed by atoms with E-state index in [1.807, 2.05) is 18.4 Å². The number of carboxylic acid groups (broad SMARTS) is 1. The molecule has 18 heavy (non-hydrogen) atoms. The molecule has 1 aliphatic carbocycles. The van der Waals surface area contributed by atoms with Gasteiger partial charge in [-0.25, -0.2) is 4.79 Å². The Balaban J connectivity index is 1.98. The van der Waals surface area contributed by atoms with E-state index in [2.05, 4.69) is 21.2 Å². The van der Waals surface area contributed by atoms with E-state index in [0.717, 1.165) is 15.8 Å². The van der Waals surface area contributed by atoms with Crippen LogP contribution in [-0.2, 0) is 16.0 Å². The predicted molar refractivity (Wildman–Crippen MR) is 72.6 cm³/mol. The van der Waals surface area contributed by atoms with Crippen molar-refractivity contribution in [2.45, 2.75) is 25.8 Å². The number of halogens is 1. The number of rotatable bonds is 5. The van der Waals surface area contributed by atoms with E-state index in [1.54, 1.807) is 0 Å². The second kappa shape index (κ2) is 5.40. The van der Waals surface area contributed by atoms with E-state index in [9.17, 15) is 9.59 Å². The summed E-state index contributed by atoms with van der Waals surface area (Å²) in [5, 5.41) is 13.7. The van der Waals surface area contributed by atoms with E-state index in [4.69, 9.17) is 5.11 Å². The van der Waals surface area contributed by atoms with Crippen LogP contribution >= 0.6 is 27.3 Å². The zero-order chi connectivity index (χ0) is 13.3. The molecule has 1 aliphatic rings. The summed E-state index contributed by atoms with van der Waals surface area (Å²) >= 11 is 4.85. The van der Waals surface area contributed by atoms with Crippen molar-refractivity contribution in [2.75, 3.05) is 0 Å². The zero-order valence-electron chi connectivity index (χ0n) is 9.85. The summed E-state index contributed by atoms with van der Waals surface area (Å²) in [6, 6.07) is 1.03. The first-order valence-electron chi connectivity index (χ1n) is 5.74. The van der Waals surface area contributed by atoms with Gasteiger partial charge in [-0.2, -0.15) is 0 Å². The van der Waals surface area contributed by atoms with E-state index >= 15 is 0 Å². The lowest BCUT2D eigenvalue weighted by Gasteiger charge is -2.14. The maximum Gasteiger partial charge on any atom is 0.326 e. The third-order valence-electron chi connectivity index (χ3n) is 3.14. The lowest BCUT2D eigenvalue weighted by Crippen LogP contribution is -2.43. The average molecular weight is 332 g/mol. The van der Waals surface area contributed by atoms with Gasteiger partial charge in [0.25, 0.3) is 0 Å². The van der Waals surface area contributed by atoms with Gasteiger partial charge < -0.3 is 10.4 Å². The largest absolute Gasteiger partial charge is 0.480 e. The second-order valence-corrected chi connectivity index (χ2v) is 6.47. The Bertz CT molecular complexity index is 474. The minimum atomic E-state index is -0.989. The average Bonchev–Trinajstić information content (AvgIpc) is 2.90. The summed E-state index contributed by atoms with van der Waals surface area (Å²) in [4.78, 5) is 23.9. The van der Waals surface area contributed by atoms with Crippen LogP contribution in [0.4, 0.5) is 0 Å². The number of carbonyl (C=O) groups is 2. The van der Waals surface area contributed by atoms with Crippen molar-refractivity contribution >= 4 is 39.1 Å². The Morgan fingerprint density at radius 3 is 2.78 bits per heavy atom. The minimum Gasteiger partial charge on any atom is -0.480 e. The lowest BCUT2D eigenvalue weighted by molar-refractivity contribution is -0.142. The Hall–Kier alpha value is -0.880. The molecule has 2 rings (SSSR count). The van der Waals surface area contributed by atoms with Crippen molar-refractivity contribution in [3.05, 3.63) is 20.8 Å². The molecule has 0 aromatic carbocycles. The maximum atomic E-state index is 11.8. The normalized spacial score (nSPS) is 23.4. The molecule has 1 heterocycles. The summed E-state index contributed by atoms with van der Waals surface area (Å²) in [7, 11) is 0. The van der Waals surface area contributed by atoms with E-state index in [0.29, 0.717) is 12.3 Å². The molecule has 3 atom stereocenters. The van der Waals surface area contributed by atoms with Gasteiger partial charge in [-0.1, -0.05) is 6.92 Å². The molecule has 0 aliphatic heterocycles. The summed E-state index contributed by atoms with van der Waals surface area (Å²) in [5.41, 5.74) is 0. The number of carbonyl (C=O) groups excluding carboxylic acids is 1. The second-order valence-electron chi connectivity index (χ2n) is 4.61. The van der Waals surface area contributed by atoms with Crippen LogP contribution in [0.15, 0.2) is 15.9 Å². The molecule has 2 N–H and O–H groups in total. The SMILES string of the molecule is C[C@@H]1C[C@@H]1C(=O)N[C@@H](Cc1sccc1Br)C(=O)O. The van der Waals surface area contributed by atoms with Crippen LogP contribution in [0.3, 0.4) is 0 Å². The van der Waals surface area contributed by atoms with Crippen LogP contribution in [0.2, 0.25) is 0 Å². The molecule has 0 unspecified atom stereocenters. The molecule has 0 spiro atoms. The number of hydrogen-bond acceptors (Lipinski definition) is 3. The molecule has 4 nitrogen and oxygen atoms in total. The van der Waals surface area contributed by atoms with Gasteiger partial charge in [-0.05, 0) is 39.7 Å². The fourth-order valence-electron chi connectivity index (χ4n) is 1.82. The van der Waals surface area contributed by atoms with Gasteiger partial charge in [0.1, 0.15) is 6.04 Å². The highest BCUT2D eigenvalue weighted by Gasteiger charge is 2.40. The van der Waals surface area contributed by atoms with Crippen molar-refractivity contribution in [3.8, 4) is 0 Å². The lowest BCUT2D eigenvalue weighted by atomic mass is 10.1. The highest BCUT2D eigenvalue weighted by Crippen LogP contribution is 2.37. The topological polar surface area (TPSA) is 66.4 Å². The number of carboxylic acids is 1. The smallest absolute Gasteiger partial charge is 0.326 e. The molecule has 98 valence electrons. The third kappa shape index (κ3) is 3.11. The Kier molecular flexibility index (Phi) is 4.07. The number of amides is 1. The van der Waals surface area contributed by atoms with Crippen LogP contribution in [0, 0.1) is 11.8 Å². The van der Waals surface area contributed by atoms with Gasteiger partial charge in [0.2, 0.25) is 5.91 Å². The van der Waals surface area contributed by atoms with Gasteiger partial charge in [-0.15, -0.1) is 11.3 Å². The van der Waals surface area contributed by atoms with Crippen LogP contribution in [0.25, 0.3) is 0 Å². The van der Waals surface area contributed by atoms with Crippen molar-refractivity contribution < 1.29 is 14.7 Å². The maximum absolute atomic E-state index is 11.8. The van der Waals surface area contributed by atoms with Gasteiger partial charge in [0, 0.05) is 21.7 Å². The zero-order valence-corrected chi connectivity index (χ0v) is 12.3. The highest BCUT2D eigenvalue weighted by atomic mass is 79.9. The van der Waals surface area contributed by atoms with E-state index in [1.165, 1.54) is 11.3 Å². The first kappa shape index (κ1) is 13.5. The number of hydrogen-bond donors (Lipinski definition) is 2. The molecule has 6 heteroatoms. The number of thiophene rings is 1. The first-order valence-corrected chi connectivity index (χ1v) is 7.41. The van der Waals surface area contributed by atoms with Gasteiger partial charge >= 0.3 is 5.97 Å². The Morgan fingerprint density at radius 1 is 1.67 bits per heavy atom. The monoisotopic (exact) mass is 331 g/mol. The summed E-state index contributed by atoms with van der Waals surface area (Å²) in [6.07, 6.45) is 1.18. The number of nitrogens with one attached hydrogen (secondary N) is 1. The van der Waals surface area contributed by atoms with Crippen molar-refractivity contribution in [2.24, 2.45) is 11.8 Å². The molecule has 0 bridgehead atoms. The molecule has 0 saturated heterocycles. The first-order chi connectivity index (χ1) is 8.49.